The van der Waals surface area contributed by atoms with Crippen LogP contribution in [0, 0.1) is 0 Å². The summed E-state index contributed by atoms with van der Waals surface area (Å²) in [5, 5.41) is 0. The smallest absolute Gasteiger partial charge is 0.0904 e. The summed E-state index contributed by atoms with van der Waals surface area (Å²) in [6, 6.07) is 12.0. The first-order valence-electron chi connectivity index (χ1n) is 6.80. The Kier molecular flexibility index (Phi) is 22.4. The Bertz CT molecular complexity index is 234. The van der Waals surface area contributed by atoms with Gasteiger partial charge in [0.25, 0.3) is 0 Å². The molecule has 1 aromatic carbocycles. The fourth-order valence-electron chi connectivity index (χ4n) is 1.24. The molecule has 0 nitrogen and oxygen atoms in total. The van der Waals surface area contributed by atoms with Gasteiger partial charge in [-0.15, -0.1) is 0 Å². The minimum atomic E-state index is 0.0895. The number of unbranched alkanes of at least 4 members (excludes halogenated alkanes) is 5. The second-order valence-corrected chi connectivity index (χ2v) is 5.19. The van der Waals surface area contributed by atoms with Gasteiger partial charge >= 0.3 is 0 Å². The van der Waals surface area contributed by atoms with Gasteiger partial charge in [-0.2, -0.15) is 0 Å². The van der Waals surface area contributed by atoms with Crippen molar-refractivity contribution in [2.24, 2.45) is 0 Å². The predicted molar refractivity (Wildman–Crippen MR) is 91.1 cm³/mol. The summed E-state index contributed by atoms with van der Waals surface area (Å²) in [7, 11) is 0. The van der Waals surface area contributed by atoms with Crippen LogP contribution in [0.2, 0.25) is 0 Å². The molecular weight excluding hydrogens is 299 g/mol. The van der Waals surface area contributed by atoms with Crippen LogP contribution in [0.15, 0.2) is 46.4 Å². The van der Waals surface area contributed by atoms with Crippen molar-refractivity contribution >= 4 is 34.8 Å². The molecule has 0 radical (unpaired) electrons. The molecule has 0 aliphatic heterocycles. The standard InChI is InChI=1S/C8H18.C6H6.C2HCl3/c1-3-5-7-8-6-4-2;1-2-4-6-5-3-1;3-1-2(4)5/h3-8H2,1-2H3;1-6H;1H. The van der Waals surface area contributed by atoms with E-state index in [-0.39, 0.29) is 4.49 Å². The van der Waals surface area contributed by atoms with Crippen molar-refractivity contribution < 1.29 is 0 Å². The first-order chi connectivity index (χ1) is 9.18. The van der Waals surface area contributed by atoms with Gasteiger partial charge in [0.15, 0.2) is 0 Å². The molecule has 0 aliphatic rings. The van der Waals surface area contributed by atoms with Crippen LogP contribution in [0.3, 0.4) is 0 Å². The quantitative estimate of drug-likeness (QED) is 0.490. The molecule has 0 saturated heterocycles. The van der Waals surface area contributed by atoms with Crippen molar-refractivity contribution in [2.45, 2.75) is 52.4 Å². The van der Waals surface area contributed by atoms with Crippen molar-refractivity contribution in [3.05, 3.63) is 46.4 Å². The Balaban J connectivity index is 0. The molecule has 3 heteroatoms. The van der Waals surface area contributed by atoms with Gasteiger partial charge in [-0.3, -0.25) is 0 Å². The highest BCUT2D eigenvalue weighted by atomic mass is 35.5. The van der Waals surface area contributed by atoms with Crippen LogP contribution >= 0.6 is 34.8 Å². The summed E-state index contributed by atoms with van der Waals surface area (Å²) in [5.74, 6) is 0. The molecule has 0 heterocycles. The van der Waals surface area contributed by atoms with Gasteiger partial charge in [-0.25, -0.2) is 0 Å². The van der Waals surface area contributed by atoms with E-state index in [0.29, 0.717) is 0 Å². The van der Waals surface area contributed by atoms with Gasteiger partial charge < -0.3 is 0 Å². The van der Waals surface area contributed by atoms with Crippen LogP contribution in [-0.2, 0) is 0 Å². The zero-order valence-corrected chi connectivity index (χ0v) is 14.2. The second kappa shape index (κ2) is 20.2. The number of hydrogen-bond donors (Lipinski definition) is 0. The van der Waals surface area contributed by atoms with Crippen molar-refractivity contribution in [3.63, 3.8) is 0 Å². The van der Waals surface area contributed by atoms with Crippen molar-refractivity contribution in [2.75, 3.05) is 0 Å². The van der Waals surface area contributed by atoms with Crippen LogP contribution in [0.5, 0.6) is 0 Å². The van der Waals surface area contributed by atoms with E-state index in [9.17, 15) is 0 Å². The lowest BCUT2D eigenvalue weighted by Crippen LogP contribution is -1.73. The highest BCUT2D eigenvalue weighted by Gasteiger charge is 1.83. The molecule has 0 spiro atoms. The normalized spacial score (nSPS) is 8.47. The number of halogens is 3. The largest absolute Gasteiger partial charge is 0.118 e. The maximum atomic E-state index is 4.96. The molecule has 0 amide bonds. The van der Waals surface area contributed by atoms with E-state index in [2.05, 4.69) is 13.8 Å². The van der Waals surface area contributed by atoms with Crippen LogP contribution in [0.4, 0.5) is 0 Å². The average Bonchev–Trinajstić information content (AvgIpc) is 2.47. The van der Waals surface area contributed by atoms with E-state index in [4.69, 9.17) is 34.8 Å². The zero-order valence-electron chi connectivity index (χ0n) is 11.9. The summed E-state index contributed by atoms with van der Waals surface area (Å²) >= 11 is 14.8. The predicted octanol–water partition coefficient (Wildman–Crippen LogP) is 7.56. The van der Waals surface area contributed by atoms with Crippen molar-refractivity contribution in [1.82, 2.24) is 0 Å². The number of rotatable bonds is 5. The Hall–Kier alpha value is -0.170. The van der Waals surface area contributed by atoms with Crippen LogP contribution in [-0.4, -0.2) is 0 Å². The van der Waals surface area contributed by atoms with Crippen LogP contribution in [0.25, 0.3) is 0 Å². The highest BCUT2D eigenvalue weighted by Crippen LogP contribution is 2.06. The van der Waals surface area contributed by atoms with E-state index in [1.807, 2.05) is 36.4 Å². The zero-order chi connectivity index (χ0) is 14.8. The molecule has 0 N–H and O–H groups in total. The lowest BCUT2D eigenvalue weighted by Gasteiger charge is -1.93. The first kappa shape index (κ1) is 21.1. The van der Waals surface area contributed by atoms with Gasteiger partial charge in [0.1, 0.15) is 4.49 Å². The first-order valence-corrected chi connectivity index (χ1v) is 7.99. The monoisotopic (exact) mass is 322 g/mol. The number of hydrogen-bond acceptors (Lipinski definition) is 0. The molecule has 0 atom stereocenters. The Morgan fingerprint density at radius 1 is 0.737 bits per heavy atom. The molecule has 0 bridgehead atoms. The molecule has 0 aliphatic carbocycles. The summed E-state index contributed by atoms with van der Waals surface area (Å²) in [6.07, 6.45) is 8.49. The fraction of sp³-hybridized carbons (Fsp3) is 0.500. The van der Waals surface area contributed by atoms with E-state index in [0.717, 1.165) is 5.54 Å². The Labute approximate surface area is 133 Å². The third-order valence-corrected chi connectivity index (χ3v) is 2.87. The molecule has 0 saturated carbocycles. The van der Waals surface area contributed by atoms with Gasteiger partial charge in [0, 0.05) is 5.54 Å². The van der Waals surface area contributed by atoms with E-state index < -0.39 is 0 Å². The summed E-state index contributed by atoms with van der Waals surface area (Å²) in [4.78, 5) is 0. The molecular formula is C16H25Cl3. The Morgan fingerprint density at radius 2 is 1.00 bits per heavy atom. The minimum absolute atomic E-state index is 0.0895. The maximum absolute atomic E-state index is 4.96. The van der Waals surface area contributed by atoms with Crippen molar-refractivity contribution in [1.29, 1.82) is 0 Å². The molecule has 19 heavy (non-hydrogen) atoms. The fourth-order valence-corrected chi connectivity index (χ4v) is 1.24. The highest BCUT2D eigenvalue weighted by molar-refractivity contribution is 6.58. The third-order valence-electron chi connectivity index (χ3n) is 2.21. The van der Waals surface area contributed by atoms with Gasteiger partial charge in [0.2, 0.25) is 0 Å². The molecule has 0 fully saturated rings. The van der Waals surface area contributed by atoms with Crippen molar-refractivity contribution in [3.8, 4) is 0 Å². The molecule has 1 rings (SSSR count). The SMILES string of the molecule is CCCCCCCC.ClC=C(Cl)Cl.c1ccccc1. The van der Waals surface area contributed by atoms with Crippen LogP contribution < -0.4 is 0 Å². The second-order valence-electron chi connectivity index (χ2n) is 3.97. The molecule has 1 aromatic rings. The summed E-state index contributed by atoms with van der Waals surface area (Å²) in [6.45, 7) is 4.51. The van der Waals surface area contributed by atoms with Gasteiger partial charge in [-0.1, -0.05) is 124 Å². The average molecular weight is 324 g/mol. The van der Waals surface area contributed by atoms with E-state index >= 15 is 0 Å². The molecule has 0 unspecified atom stereocenters. The molecule has 110 valence electrons. The van der Waals surface area contributed by atoms with Gasteiger partial charge in [-0.05, 0) is 0 Å². The minimum Gasteiger partial charge on any atom is -0.0904 e. The number of benzene rings is 1. The van der Waals surface area contributed by atoms with Gasteiger partial charge in [0.05, 0.1) is 0 Å². The lowest BCUT2D eigenvalue weighted by molar-refractivity contribution is 0.624. The van der Waals surface area contributed by atoms with E-state index in [1.54, 1.807) is 0 Å². The summed E-state index contributed by atoms with van der Waals surface area (Å²) < 4.78 is 0.0895. The Morgan fingerprint density at radius 3 is 1.16 bits per heavy atom. The maximum Gasteiger partial charge on any atom is 0.118 e. The third kappa shape index (κ3) is 27.1. The lowest BCUT2D eigenvalue weighted by atomic mass is 10.1. The van der Waals surface area contributed by atoms with E-state index in [1.165, 1.54) is 38.5 Å². The topological polar surface area (TPSA) is 0 Å². The summed E-state index contributed by atoms with van der Waals surface area (Å²) in [5.41, 5.74) is 1.09. The molecule has 0 aromatic heterocycles. The van der Waals surface area contributed by atoms with Crippen LogP contribution in [0.1, 0.15) is 52.4 Å².